The second-order valence-corrected chi connectivity index (χ2v) is 6.31. The molecule has 1 aliphatic carbocycles. The summed E-state index contributed by atoms with van der Waals surface area (Å²) >= 11 is 0. The van der Waals surface area contributed by atoms with Crippen LogP contribution in [0.3, 0.4) is 0 Å². The summed E-state index contributed by atoms with van der Waals surface area (Å²) in [5.74, 6) is 0.438. The highest BCUT2D eigenvalue weighted by Gasteiger charge is 2.29. The van der Waals surface area contributed by atoms with Crippen LogP contribution < -0.4 is 10.6 Å². The van der Waals surface area contributed by atoms with E-state index in [-0.39, 0.29) is 24.4 Å². The van der Waals surface area contributed by atoms with Crippen LogP contribution in [-0.4, -0.2) is 35.2 Å². The number of pyridine rings is 1. The van der Waals surface area contributed by atoms with Gasteiger partial charge in [-0.3, -0.25) is 4.79 Å². The van der Waals surface area contributed by atoms with Crippen molar-refractivity contribution in [2.24, 2.45) is 0 Å². The van der Waals surface area contributed by atoms with E-state index in [4.69, 9.17) is 4.52 Å². The first-order valence-corrected chi connectivity index (χ1v) is 8.01. The Morgan fingerprint density at radius 2 is 2.04 bits per heavy atom. The maximum absolute atomic E-state index is 12.7. The first-order valence-electron chi connectivity index (χ1n) is 8.01. The highest BCUT2D eigenvalue weighted by atomic mass is 35.5. The molecule has 0 unspecified atom stereocenters. The summed E-state index contributed by atoms with van der Waals surface area (Å²) in [4.78, 5) is 17.3. The Balaban J connectivity index is 0.00000156. The van der Waals surface area contributed by atoms with Crippen molar-refractivity contribution < 1.29 is 9.32 Å². The SMILES string of the molecule is Cc1noc2nc(C3CC3)cc(C(=O)NC3CCNCC3)c12.Cl. The second-order valence-electron chi connectivity index (χ2n) is 6.31. The highest BCUT2D eigenvalue weighted by Crippen LogP contribution is 2.40. The van der Waals surface area contributed by atoms with Gasteiger partial charge >= 0.3 is 0 Å². The molecule has 23 heavy (non-hydrogen) atoms. The summed E-state index contributed by atoms with van der Waals surface area (Å²) in [6.45, 7) is 3.76. The molecule has 1 amide bonds. The molecule has 0 spiro atoms. The smallest absolute Gasteiger partial charge is 0.259 e. The van der Waals surface area contributed by atoms with Gasteiger partial charge in [0.25, 0.3) is 11.6 Å². The van der Waals surface area contributed by atoms with Crippen molar-refractivity contribution in [1.29, 1.82) is 0 Å². The van der Waals surface area contributed by atoms with Gasteiger partial charge < -0.3 is 15.2 Å². The van der Waals surface area contributed by atoms with Crippen LogP contribution in [0.5, 0.6) is 0 Å². The molecule has 6 nitrogen and oxygen atoms in total. The molecule has 2 aromatic rings. The summed E-state index contributed by atoms with van der Waals surface area (Å²) in [5.41, 5.74) is 2.82. The largest absolute Gasteiger partial charge is 0.349 e. The van der Waals surface area contributed by atoms with Crippen LogP contribution in [0.25, 0.3) is 11.1 Å². The Hall–Kier alpha value is -1.66. The van der Waals surface area contributed by atoms with Crippen LogP contribution in [0.2, 0.25) is 0 Å². The van der Waals surface area contributed by atoms with Crippen LogP contribution >= 0.6 is 12.4 Å². The standard InChI is InChI=1S/C16H20N4O2.ClH/c1-9-14-12(15(21)18-11-4-6-17-7-5-11)8-13(10-2-3-10)19-16(14)22-20-9;/h8,10-11,17H,2-7H2,1H3,(H,18,21);1H. The number of fused-ring (bicyclic) bond motifs is 1. The van der Waals surface area contributed by atoms with E-state index >= 15 is 0 Å². The van der Waals surface area contributed by atoms with Crippen LogP contribution in [0, 0.1) is 6.92 Å². The Kier molecular flexibility index (Phi) is 4.55. The minimum absolute atomic E-state index is 0. The third-order valence-electron chi connectivity index (χ3n) is 4.55. The van der Waals surface area contributed by atoms with Gasteiger partial charge in [0.15, 0.2) is 0 Å². The molecule has 3 heterocycles. The van der Waals surface area contributed by atoms with Crippen LogP contribution in [0.15, 0.2) is 10.6 Å². The highest BCUT2D eigenvalue weighted by molar-refractivity contribution is 6.06. The van der Waals surface area contributed by atoms with Crippen LogP contribution in [-0.2, 0) is 0 Å². The average molecular weight is 337 g/mol. The van der Waals surface area contributed by atoms with Gasteiger partial charge in [0, 0.05) is 17.7 Å². The molecule has 0 radical (unpaired) electrons. The maximum atomic E-state index is 12.7. The zero-order valence-corrected chi connectivity index (χ0v) is 13.9. The van der Waals surface area contributed by atoms with Gasteiger partial charge in [-0.2, -0.15) is 0 Å². The Bertz CT molecular complexity index is 720. The zero-order chi connectivity index (χ0) is 15.1. The zero-order valence-electron chi connectivity index (χ0n) is 13.1. The number of aryl methyl sites for hydroxylation is 1. The van der Waals surface area contributed by atoms with Crippen LogP contribution in [0.1, 0.15) is 53.3 Å². The quantitative estimate of drug-likeness (QED) is 0.899. The lowest BCUT2D eigenvalue weighted by Gasteiger charge is -2.23. The fourth-order valence-corrected chi connectivity index (χ4v) is 3.11. The first-order chi connectivity index (χ1) is 10.7. The third kappa shape index (κ3) is 3.19. The van der Waals surface area contributed by atoms with Gasteiger partial charge in [-0.25, -0.2) is 4.98 Å². The Labute approximate surface area is 140 Å². The van der Waals surface area contributed by atoms with Crippen LogP contribution in [0.4, 0.5) is 0 Å². The molecule has 0 atom stereocenters. The van der Waals surface area contributed by atoms with Crippen molar-refractivity contribution in [3.05, 3.63) is 23.0 Å². The van der Waals surface area contributed by atoms with Crippen molar-refractivity contribution in [3.8, 4) is 0 Å². The predicted octanol–water partition coefficient (Wildman–Crippen LogP) is 2.31. The minimum atomic E-state index is -0.0347. The van der Waals surface area contributed by atoms with E-state index in [0.717, 1.165) is 55.5 Å². The van der Waals surface area contributed by atoms with E-state index in [1.54, 1.807) is 0 Å². The molecule has 2 aliphatic rings. The van der Waals surface area contributed by atoms with Gasteiger partial charge in [-0.15, -0.1) is 12.4 Å². The monoisotopic (exact) mass is 336 g/mol. The lowest BCUT2D eigenvalue weighted by molar-refractivity contribution is 0.0931. The number of piperidine rings is 1. The number of halogens is 1. The van der Waals surface area contributed by atoms with Gasteiger partial charge in [-0.1, -0.05) is 5.16 Å². The average Bonchev–Trinajstić information content (AvgIpc) is 3.32. The third-order valence-corrected chi connectivity index (χ3v) is 4.55. The number of carbonyl (C=O) groups is 1. The number of nitrogens with zero attached hydrogens (tertiary/aromatic N) is 2. The summed E-state index contributed by atoms with van der Waals surface area (Å²) < 4.78 is 5.30. The van der Waals surface area contributed by atoms with E-state index < -0.39 is 0 Å². The van der Waals surface area contributed by atoms with Crippen molar-refractivity contribution >= 4 is 29.4 Å². The predicted molar refractivity (Wildman–Crippen MR) is 89.1 cm³/mol. The van der Waals surface area contributed by atoms with E-state index in [9.17, 15) is 4.79 Å². The van der Waals surface area contributed by atoms with Crippen molar-refractivity contribution in [2.45, 2.75) is 44.6 Å². The molecular weight excluding hydrogens is 316 g/mol. The lowest BCUT2D eigenvalue weighted by Crippen LogP contribution is -2.42. The molecule has 7 heteroatoms. The number of nitrogens with one attached hydrogen (secondary N) is 2. The molecular formula is C16H21ClN4O2. The molecule has 2 N–H and O–H groups in total. The molecule has 0 bridgehead atoms. The van der Waals surface area contributed by atoms with Crippen molar-refractivity contribution in [2.75, 3.05) is 13.1 Å². The fourth-order valence-electron chi connectivity index (χ4n) is 3.11. The molecule has 4 rings (SSSR count). The van der Waals surface area contributed by atoms with E-state index in [0.29, 0.717) is 17.2 Å². The molecule has 2 fully saturated rings. The number of amides is 1. The molecule has 1 aliphatic heterocycles. The maximum Gasteiger partial charge on any atom is 0.259 e. The van der Waals surface area contributed by atoms with Gasteiger partial charge in [0.2, 0.25) is 0 Å². The summed E-state index contributed by atoms with van der Waals surface area (Å²) in [5, 5.41) is 11.2. The second kappa shape index (κ2) is 6.45. The van der Waals surface area contributed by atoms with Gasteiger partial charge in [0.1, 0.15) is 0 Å². The molecule has 1 saturated heterocycles. The Morgan fingerprint density at radius 1 is 1.30 bits per heavy atom. The van der Waals surface area contributed by atoms with E-state index in [1.807, 2.05) is 13.0 Å². The normalized spacial score (nSPS) is 18.7. The lowest BCUT2D eigenvalue weighted by atomic mass is 10.0. The molecule has 2 aromatic heterocycles. The Morgan fingerprint density at radius 3 is 2.74 bits per heavy atom. The van der Waals surface area contributed by atoms with Crippen molar-refractivity contribution in [1.82, 2.24) is 20.8 Å². The fraction of sp³-hybridized carbons (Fsp3) is 0.562. The van der Waals surface area contributed by atoms with Gasteiger partial charge in [-0.05, 0) is 51.8 Å². The van der Waals surface area contributed by atoms with E-state index in [2.05, 4.69) is 20.8 Å². The number of carbonyl (C=O) groups excluding carboxylic acids is 1. The van der Waals surface area contributed by atoms with Crippen molar-refractivity contribution in [3.63, 3.8) is 0 Å². The van der Waals surface area contributed by atoms with E-state index in [1.165, 1.54) is 0 Å². The summed E-state index contributed by atoms with van der Waals surface area (Å²) in [7, 11) is 0. The first kappa shape index (κ1) is 16.2. The molecule has 0 aromatic carbocycles. The molecule has 124 valence electrons. The number of hydrogen-bond donors (Lipinski definition) is 2. The van der Waals surface area contributed by atoms with Gasteiger partial charge in [0.05, 0.1) is 16.6 Å². The number of aromatic nitrogens is 2. The summed E-state index contributed by atoms with van der Waals surface area (Å²) in [6, 6.07) is 2.17. The number of rotatable bonds is 3. The summed E-state index contributed by atoms with van der Waals surface area (Å²) in [6.07, 6.45) is 4.22. The number of hydrogen-bond acceptors (Lipinski definition) is 5. The minimum Gasteiger partial charge on any atom is -0.349 e. The molecule has 1 saturated carbocycles. The topological polar surface area (TPSA) is 80.0 Å².